The second kappa shape index (κ2) is 6.53. The Kier molecular flexibility index (Phi) is 4.74. The molecule has 0 amide bonds. The third-order valence-electron chi connectivity index (χ3n) is 2.72. The van der Waals surface area contributed by atoms with Gasteiger partial charge < -0.3 is 9.26 Å². The maximum atomic E-state index is 10.9. The number of nitro groups is 1. The number of hydrogen-bond donors (Lipinski definition) is 0. The van der Waals surface area contributed by atoms with Gasteiger partial charge in [-0.1, -0.05) is 17.3 Å². The number of hydrogen-bond acceptors (Lipinski definition) is 5. The van der Waals surface area contributed by atoms with Crippen LogP contribution in [-0.4, -0.2) is 16.7 Å². The maximum absolute atomic E-state index is 10.9. The van der Waals surface area contributed by atoms with Gasteiger partial charge >= 0.3 is 5.69 Å². The lowest BCUT2D eigenvalue weighted by atomic mass is 10.2. The first-order valence-corrected chi connectivity index (χ1v) is 7.03. The second-order valence-corrected chi connectivity index (χ2v) is 5.05. The Balaban J connectivity index is 2.26. The van der Waals surface area contributed by atoms with Gasteiger partial charge in [0, 0.05) is 0 Å². The van der Waals surface area contributed by atoms with E-state index in [1.54, 1.807) is 6.08 Å². The van der Waals surface area contributed by atoms with Crippen molar-refractivity contribution in [2.24, 2.45) is 0 Å². The molecular weight excluding hydrogens is 340 g/mol. The van der Waals surface area contributed by atoms with E-state index in [0.29, 0.717) is 6.61 Å². The van der Waals surface area contributed by atoms with Crippen molar-refractivity contribution in [1.29, 1.82) is 0 Å². The largest absolute Gasteiger partial charge is 0.493 e. The molecule has 0 aliphatic heterocycles. The van der Waals surface area contributed by atoms with Crippen molar-refractivity contribution in [3.63, 3.8) is 0 Å². The van der Waals surface area contributed by atoms with Crippen molar-refractivity contribution >= 4 is 33.8 Å². The predicted octanol–water partition coefficient (Wildman–Crippen LogP) is 4.22. The van der Waals surface area contributed by atoms with Crippen molar-refractivity contribution in [2.45, 2.75) is 13.8 Å². The molecule has 0 saturated carbocycles. The molecule has 0 aliphatic rings. The van der Waals surface area contributed by atoms with Gasteiger partial charge in [-0.05, 0) is 53.5 Å². The summed E-state index contributed by atoms with van der Waals surface area (Å²) in [6, 6.07) is 5.53. The minimum absolute atomic E-state index is 0.115. The summed E-state index contributed by atoms with van der Waals surface area (Å²) in [5, 5.41) is 14.5. The third-order valence-corrected chi connectivity index (χ3v) is 3.34. The smallest absolute Gasteiger partial charge is 0.338 e. The molecule has 0 fully saturated rings. The van der Waals surface area contributed by atoms with Crippen LogP contribution in [0.1, 0.15) is 23.9 Å². The SMILES string of the molecule is CCOc1ccc(/C=C/c2onc(C)c2[N+](=O)[O-])cc1Br. The van der Waals surface area contributed by atoms with Gasteiger partial charge in [0.05, 0.1) is 16.0 Å². The summed E-state index contributed by atoms with van der Waals surface area (Å²) < 4.78 is 11.2. The molecule has 7 heteroatoms. The molecule has 1 aromatic carbocycles. The van der Waals surface area contributed by atoms with Crippen molar-refractivity contribution in [3.05, 3.63) is 49.8 Å². The normalized spacial score (nSPS) is 11.0. The van der Waals surface area contributed by atoms with Crippen LogP contribution in [0, 0.1) is 17.0 Å². The molecule has 0 spiro atoms. The molecule has 110 valence electrons. The molecule has 2 rings (SSSR count). The maximum Gasteiger partial charge on any atom is 0.338 e. The molecule has 1 heterocycles. The van der Waals surface area contributed by atoms with Crippen LogP contribution in [0.2, 0.25) is 0 Å². The van der Waals surface area contributed by atoms with Gasteiger partial charge in [0.25, 0.3) is 0 Å². The molecule has 0 saturated heterocycles. The van der Waals surface area contributed by atoms with E-state index in [-0.39, 0.29) is 17.1 Å². The molecule has 0 unspecified atom stereocenters. The summed E-state index contributed by atoms with van der Waals surface area (Å²) in [5.41, 5.74) is 0.998. The fraction of sp³-hybridized carbons (Fsp3) is 0.214. The number of ether oxygens (including phenoxy) is 1. The highest BCUT2D eigenvalue weighted by Crippen LogP contribution is 2.28. The third kappa shape index (κ3) is 3.49. The van der Waals surface area contributed by atoms with Crippen LogP contribution in [-0.2, 0) is 0 Å². The van der Waals surface area contributed by atoms with Gasteiger partial charge in [0.2, 0.25) is 5.76 Å². The number of rotatable bonds is 5. The van der Waals surface area contributed by atoms with Crippen molar-refractivity contribution in [1.82, 2.24) is 5.16 Å². The molecule has 0 radical (unpaired) electrons. The van der Waals surface area contributed by atoms with Crippen molar-refractivity contribution in [2.75, 3.05) is 6.61 Å². The van der Waals surface area contributed by atoms with Crippen LogP contribution in [0.5, 0.6) is 5.75 Å². The lowest BCUT2D eigenvalue weighted by Gasteiger charge is -2.05. The zero-order valence-electron chi connectivity index (χ0n) is 11.5. The van der Waals surface area contributed by atoms with Gasteiger partial charge in [-0.2, -0.15) is 0 Å². The first kappa shape index (κ1) is 15.2. The Morgan fingerprint density at radius 3 is 2.86 bits per heavy atom. The monoisotopic (exact) mass is 352 g/mol. The van der Waals surface area contributed by atoms with Crippen LogP contribution in [0.25, 0.3) is 12.2 Å². The molecule has 0 aliphatic carbocycles. The first-order valence-electron chi connectivity index (χ1n) is 6.24. The zero-order chi connectivity index (χ0) is 15.4. The Labute approximate surface area is 129 Å². The Bertz CT molecular complexity index is 694. The molecule has 21 heavy (non-hydrogen) atoms. The number of nitrogens with zero attached hydrogens (tertiary/aromatic N) is 2. The quantitative estimate of drug-likeness (QED) is 0.594. The predicted molar refractivity (Wildman–Crippen MR) is 82.1 cm³/mol. The lowest BCUT2D eigenvalue weighted by molar-refractivity contribution is -0.386. The highest BCUT2D eigenvalue weighted by Gasteiger charge is 2.21. The van der Waals surface area contributed by atoms with Gasteiger partial charge in [-0.25, -0.2) is 0 Å². The van der Waals surface area contributed by atoms with Gasteiger partial charge in [0.15, 0.2) is 5.69 Å². The Hall–Kier alpha value is -2.15. The van der Waals surface area contributed by atoms with E-state index in [1.165, 1.54) is 13.0 Å². The molecule has 2 aromatic rings. The summed E-state index contributed by atoms with van der Waals surface area (Å²) >= 11 is 3.41. The number of aromatic nitrogens is 1. The molecular formula is C14H13BrN2O4. The van der Waals surface area contributed by atoms with Crippen molar-refractivity contribution in [3.8, 4) is 5.75 Å². The minimum Gasteiger partial charge on any atom is -0.493 e. The first-order chi connectivity index (χ1) is 10.0. The lowest BCUT2D eigenvalue weighted by Crippen LogP contribution is -1.92. The molecule has 0 bridgehead atoms. The highest BCUT2D eigenvalue weighted by atomic mass is 79.9. The van der Waals surface area contributed by atoms with E-state index < -0.39 is 4.92 Å². The molecule has 1 aromatic heterocycles. The summed E-state index contributed by atoms with van der Waals surface area (Å²) in [5.74, 6) is 0.874. The second-order valence-electron chi connectivity index (χ2n) is 4.19. The molecule has 0 atom stereocenters. The number of benzene rings is 1. The Morgan fingerprint density at radius 2 is 2.24 bits per heavy atom. The van der Waals surface area contributed by atoms with E-state index in [4.69, 9.17) is 9.26 Å². The van der Waals surface area contributed by atoms with Crippen LogP contribution in [0.3, 0.4) is 0 Å². The summed E-state index contributed by atoms with van der Waals surface area (Å²) in [4.78, 5) is 10.4. The van der Waals surface area contributed by atoms with Crippen LogP contribution in [0.15, 0.2) is 27.2 Å². The fourth-order valence-electron chi connectivity index (χ4n) is 1.78. The minimum atomic E-state index is -0.500. The number of halogens is 1. The van der Waals surface area contributed by atoms with E-state index in [9.17, 15) is 10.1 Å². The fourth-order valence-corrected chi connectivity index (χ4v) is 2.29. The van der Waals surface area contributed by atoms with E-state index >= 15 is 0 Å². The summed E-state index contributed by atoms with van der Waals surface area (Å²) in [7, 11) is 0. The topological polar surface area (TPSA) is 78.4 Å². The summed E-state index contributed by atoms with van der Waals surface area (Å²) in [6.45, 7) is 4.02. The summed E-state index contributed by atoms with van der Waals surface area (Å²) in [6.07, 6.45) is 3.24. The molecule has 6 nitrogen and oxygen atoms in total. The van der Waals surface area contributed by atoms with Crippen LogP contribution < -0.4 is 4.74 Å². The average molecular weight is 353 g/mol. The van der Waals surface area contributed by atoms with Crippen LogP contribution in [0.4, 0.5) is 5.69 Å². The zero-order valence-corrected chi connectivity index (χ0v) is 13.1. The van der Waals surface area contributed by atoms with Gasteiger partial charge in [0.1, 0.15) is 5.75 Å². The van der Waals surface area contributed by atoms with E-state index in [2.05, 4.69) is 21.1 Å². The van der Waals surface area contributed by atoms with E-state index in [0.717, 1.165) is 15.8 Å². The van der Waals surface area contributed by atoms with Gasteiger partial charge in [-0.15, -0.1) is 0 Å². The van der Waals surface area contributed by atoms with Crippen LogP contribution >= 0.6 is 15.9 Å². The van der Waals surface area contributed by atoms with E-state index in [1.807, 2.05) is 25.1 Å². The van der Waals surface area contributed by atoms with Crippen molar-refractivity contribution < 1.29 is 14.2 Å². The number of aryl methyl sites for hydroxylation is 1. The molecule has 0 N–H and O–H groups in total. The Morgan fingerprint density at radius 1 is 1.48 bits per heavy atom. The highest BCUT2D eigenvalue weighted by molar-refractivity contribution is 9.10. The average Bonchev–Trinajstić information content (AvgIpc) is 2.80. The van der Waals surface area contributed by atoms with Gasteiger partial charge in [-0.3, -0.25) is 10.1 Å². The standard InChI is InChI=1S/C14H13BrN2O4/c1-3-20-12-6-4-10(8-11(12)15)5-7-13-14(17(18)19)9(2)16-21-13/h4-8H,3H2,1-2H3/b7-5+.